The van der Waals surface area contributed by atoms with Gasteiger partial charge in [-0.25, -0.2) is 0 Å². The molecule has 7 N–H and O–H groups in total. The van der Waals surface area contributed by atoms with E-state index in [9.17, 15) is 29.2 Å². The van der Waals surface area contributed by atoms with E-state index in [4.69, 9.17) is 43.0 Å². The zero-order valence-electron chi connectivity index (χ0n) is 37.7. The van der Waals surface area contributed by atoms with Crippen LogP contribution >= 0.6 is 11.6 Å². The zero-order valence-corrected chi connectivity index (χ0v) is 38.5. The topological polar surface area (TPSA) is 230 Å². The minimum atomic E-state index is -1.24. The molecule has 0 unspecified atom stereocenters. The van der Waals surface area contributed by atoms with Crippen molar-refractivity contribution in [1.29, 1.82) is 5.26 Å². The van der Waals surface area contributed by atoms with Crippen LogP contribution in [0.1, 0.15) is 111 Å². The number of nitrogens with one attached hydrogen (secondary N) is 1. The van der Waals surface area contributed by atoms with Gasteiger partial charge in [0.25, 0.3) is 0 Å². The van der Waals surface area contributed by atoms with Gasteiger partial charge in [0, 0.05) is 74.3 Å². The number of fused-ring (bicyclic) bond motifs is 5. The molecule has 0 radical (unpaired) electrons. The normalized spacial score (nSPS) is 16.8. The molecule has 0 aromatic heterocycles. The highest BCUT2D eigenvalue weighted by Crippen LogP contribution is 2.41. The maximum absolute atomic E-state index is 14.7. The van der Waals surface area contributed by atoms with Gasteiger partial charge < -0.3 is 41.6 Å². The summed E-state index contributed by atoms with van der Waals surface area (Å²) in [5.74, 6) is -2.63. The second kappa shape index (κ2) is 25.8. The van der Waals surface area contributed by atoms with Crippen LogP contribution in [0.15, 0.2) is 48.5 Å². The number of amides is 2. The van der Waals surface area contributed by atoms with E-state index in [-0.39, 0.29) is 93.5 Å². The SMILES string of the molecule is CCCCCCCOc1cc(C)c(C(=O)C[C@@H](CCN)C(=O)N(C)[C@@H]2C(=O)C[C@@H](C)C(=O)N[C@H](C(=O)CCC#N)Cc3ccc(OCCN)c(c3)-c3cc2ccc3OCCN)c(Cl)c1. The number of rotatable bonds is 23. The molecule has 0 aliphatic carbocycles. The van der Waals surface area contributed by atoms with Gasteiger partial charge in [-0.05, 0) is 85.8 Å². The van der Waals surface area contributed by atoms with Gasteiger partial charge in [-0.1, -0.05) is 63.3 Å². The number of likely N-dealkylation sites (N-methyl/N-ethyl adjacent to an activating group) is 1. The first kappa shape index (κ1) is 51.3. The van der Waals surface area contributed by atoms with Gasteiger partial charge in [-0.3, -0.25) is 24.0 Å². The van der Waals surface area contributed by atoms with Crippen molar-refractivity contribution in [2.45, 2.75) is 103 Å². The number of carbonyl (C=O) groups is 5. The first-order valence-electron chi connectivity index (χ1n) is 22.4. The van der Waals surface area contributed by atoms with E-state index >= 15 is 0 Å². The van der Waals surface area contributed by atoms with Crippen molar-refractivity contribution >= 4 is 40.8 Å². The Bertz CT molecular complexity index is 2120. The first-order chi connectivity index (χ1) is 30.8. The third kappa shape index (κ3) is 14.1. The Morgan fingerprint density at radius 3 is 2.20 bits per heavy atom. The van der Waals surface area contributed by atoms with Crippen molar-refractivity contribution in [2.24, 2.45) is 29.0 Å². The van der Waals surface area contributed by atoms with E-state index in [2.05, 4.69) is 12.2 Å². The van der Waals surface area contributed by atoms with Crippen molar-refractivity contribution in [1.82, 2.24) is 10.2 Å². The fourth-order valence-electron chi connectivity index (χ4n) is 8.01. The highest BCUT2D eigenvalue weighted by molar-refractivity contribution is 6.34. The molecule has 4 atom stereocenters. The lowest BCUT2D eigenvalue weighted by atomic mass is 9.88. The number of aryl methyl sites for hydroxylation is 1. The summed E-state index contributed by atoms with van der Waals surface area (Å²) in [6, 6.07) is 13.6. The lowest BCUT2D eigenvalue weighted by Gasteiger charge is -2.32. The molecule has 4 bridgehead atoms. The minimum absolute atomic E-state index is 0.0308. The largest absolute Gasteiger partial charge is 0.494 e. The van der Waals surface area contributed by atoms with E-state index in [0.29, 0.717) is 51.7 Å². The molecule has 0 saturated heterocycles. The number of unbranched alkanes of at least 4 members (excludes halogenated alkanes) is 4. The molecule has 1 heterocycles. The lowest BCUT2D eigenvalue weighted by molar-refractivity contribution is -0.142. The minimum Gasteiger partial charge on any atom is -0.494 e. The Morgan fingerprint density at radius 1 is 0.891 bits per heavy atom. The highest BCUT2D eigenvalue weighted by Gasteiger charge is 2.36. The van der Waals surface area contributed by atoms with Gasteiger partial charge in [0.15, 0.2) is 17.3 Å². The fourth-order valence-corrected chi connectivity index (χ4v) is 8.37. The van der Waals surface area contributed by atoms with Crippen molar-refractivity contribution in [2.75, 3.05) is 46.5 Å². The van der Waals surface area contributed by atoms with Crippen molar-refractivity contribution < 1.29 is 38.2 Å². The molecular weight excluding hydrogens is 836 g/mol. The van der Waals surface area contributed by atoms with Crippen LogP contribution in [0, 0.1) is 30.1 Å². The zero-order chi connectivity index (χ0) is 46.8. The Kier molecular flexibility index (Phi) is 20.7. The number of benzene rings is 3. The van der Waals surface area contributed by atoms with Gasteiger partial charge in [0.1, 0.15) is 36.5 Å². The van der Waals surface area contributed by atoms with Crippen molar-refractivity contribution in [3.8, 4) is 34.4 Å². The van der Waals surface area contributed by atoms with Gasteiger partial charge in [0.2, 0.25) is 11.8 Å². The average Bonchev–Trinajstić information content (AvgIpc) is 3.27. The number of nitriles is 1. The molecule has 0 saturated carbocycles. The Morgan fingerprint density at radius 2 is 1.56 bits per heavy atom. The number of carbonyl (C=O) groups excluding carboxylic acids is 5. The predicted molar refractivity (Wildman–Crippen MR) is 247 cm³/mol. The summed E-state index contributed by atoms with van der Waals surface area (Å²) in [6.45, 7) is 6.90. The van der Waals surface area contributed by atoms with Crippen LogP contribution in [0.2, 0.25) is 5.02 Å². The van der Waals surface area contributed by atoms with E-state index in [1.807, 2.05) is 12.1 Å². The summed E-state index contributed by atoms with van der Waals surface area (Å²) in [7, 11) is 1.50. The van der Waals surface area contributed by atoms with Crippen LogP contribution < -0.4 is 36.7 Å². The Labute approximate surface area is 382 Å². The summed E-state index contributed by atoms with van der Waals surface area (Å²) in [5.41, 5.74) is 20.8. The first-order valence-corrected chi connectivity index (χ1v) is 22.7. The molecule has 3 aromatic carbocycles. The van der Waals surface area contributed by atoms with Crippen LogP contribution in [0.25, 0.3) is 11.1 Å². The molecule has 2 amide bonds. The average molecular weight is 902 g/mol. The lowest BCUT2D eigenvalue weighted by Crippen LogP contribution is -2.46. The van der Waals surface area contributed by atoms with Crippen LogP contribution in [0.5, 0.6) is 17.2 Å². The summed E-state index contributed by atoms with van der Waals surface area (Å²) in [5, 5.41) is 12.3. The van der Waals surface area contributed by atoms with Gasteiger partial charge in [0.05, 0.1) is 23.7 Å². The van der Waals surface area contributed by atoms with Crippen molar-refractivity contribution in [3.63, 3.8) is 0 Å². The molecule has 3 aromatic rings. The van der Waals surface area contributed by atoms with E-state index in [0.717, 1.165) is 25.7 Å². The fraction of sp³-hybridized carbons (Fsp3) is 0.510. The van der Waals surface area contributed by atoms with Crippen molar-refractivity contribution in [3.05, 3.63) is 75.8 Å². The Hall–Kier alpha value is -5.33. The smallest absolute Gasteiger partial charge is 0.226 e. The van der Waals surface area contributed by atoms with E-state index in [1.165, 1.54) is 18.4 Å². The van der Waals surface area contributed by atoms with E-state index in [1.54, 1.807) is 56.3 Å². The number of halogens is 1. The second-order valence-electron chi connectivity index (χ2n) is 16.4. The van der Waals surface area contributed by atoms with E-state index < -0.39 is 41.5 Å². The number of Topliss-reactive ketones (excluding diaryl/α,β-unsaturated/α-hetero) is 3. The number of hydrogen-bond acceptors (Lipinski definition) is 12. The molecule has 0 fully saturated rings. The van der Waals surface area contributed by atoms with Crippen LogP contribution in [0.3, 0.4) is 0 Å². The summed E-state index contributed by atoms with van der Waals surface area (Å²) >= 11 is 6.72. The van der Waals surface area contributed by atoms with Crippen LogP contribution in [-0.4, -0.2) is 86.6 Å². The predicted octanol–water partition coefficient (Wildman–Crippen LogP) is 6.59. The molecule has 14 nitrogen and oxygen atoms in total. The van der Waals surface area contributed by atoms with Gasteiger partial charge in [-0.15, -0.1) is 0 Å². The number of hydrogen-bond donors (Lipinski definition) is 4. The molecule has 346 valence electrons. The quantitative estimate of drug-likeness (QED) is 0.0584. The second-order valence-corrected chi connectivity index (χ2v) is 16.8. The van der Waals surface area contributed by atoms with Crippen LogP contribution in [-0.2, 0) is 25.6 Å². The monoisotopic (exact) mass is 900 g/mol. The standard InChI is InChI=1S/C49H65ClN6O8/c1-5-6-7-8-9-21-62-36-24-31(2)46(39(50)30-36)42(58)29-35(16-18-52)49(61)56(4)47-34-13-15-45(64-23-20-54)38(28-34)37-26-33(12-14-44(37)63-22-19-53)27-40(41(57)11-10-17-51)55-48(60)32(3)25-43(47)59/h12-15,24,26,28,30,32,35,40,47H,5-11,16,18-23,25,27,29,52-54H2,1-4H3,(H,55,60)/t32-,35-,40+,47+/m1/s1. The molecular formula is C49H65ClN6O8. The van der Waals surface area contributed by atoms with Crippen LogP contribution in [0.4, 0.5) is 0 Å². The summed E-state index contributed by atoms with van der Waals surface area (Å²) < 4.78 is 18.2. The summed E-state index contributed by atoms with van der Waals surface area (Å²) in [6.07, 6.45) is 5.03. The Balaban J connectivity index is 1.78. The summed E-state index contributed by atoms with van der Waals surface area (Å²) in [4.78, 5) is 72.0. The van der Waals surface area contributed by atoms with Gasteiger partial charge in [-0.2, -0.15) is 5.26 Å². The maximum atomic E-state index is 14.7. The molecule has 4 rings (SSSR count). The maximum Gasteiger partial charge on any atom is 0.226 e. The molecule has 1 aliphatic rings. The molecule has 0 spiro atoms. The number of ketones is 3. The highest BCUT2D eigenvalue weighted by atomic mass is 35.5. The molecule has 64 heavy (non-hydrogen) atoms. The van der Waals surface area contributed by atoms with Gasteiger partial charge >= 0.3 is 0 Å². The number of nitrogens with zero attached hydrogens (tertiary/aromatic N) is 2. The number of ether oxygens (including phenoxy) is 3. The molecule has 1 aliphatic heterocycles. The molecule has 15 heteroatoms. The third-order valence-corrected chi connectivity index (χ3v) is 11.7. The third-order valence-electron chi connectivity index (χ3n) is 11.4. The number of nitrogens with two attached hydrogens (primary N) is 3.